The maximum absolute atomic E-state index is 13.5. The molecule has 0 spiro atoms. The summed E-state index contributed by atoms with van der Waals surface area (Å²) < 4.78 is 17.2. The Labute approximate surface area is 194 Å². The summed E-state index contributed by atoms with van der Waals surface area (Å²) in [7, 11) is 0. The second-order valence-electron chi connectivity index (χ2n) is 11.4. The van der Waals surface area contributed by atoms with Gasteiger partial charge in [0.2, 0.25) is 0 Å². The van der Waals surface area contributed by atoms with Crippen LogP contribution in [0.3, 0.4) is 0 Å². The molecule has 2 saturated carbocycles. The van der Waals surface area contributed by atoms with Gasteiger partial charge in [0.1, 0.15) is 11.7 Å². The Bertz CT molecular complexity index is 993. The molecule has 0 aromatic rings. The fourth-order valence-electron chi connectivity index (χ4n) is 7.75. The van der Waals surface area contributed by atoms with Gasteiger partial charge in [0.25, 0.3) is 0 Å². The number of esters is 3. The predicted molar refractivity (Wildman–Crippen MR) is 119 cm³/mol. The van der Waals surface area contributed by atoms with E-state index < -0.39 is 57.9 Å². The third kappa shape index (κ3) is 3.00. The first-order valence-corrected chi connectivity index (χ1v) is 11.6. The molecule has 33 heavy (non-hydrogen) atoms. The van der Waals surface area contributed by atoms with Crippen LogP contribution in [0.1, 0.15) is 61.3 Å². The summed E-state index contributed by atoms with van der Waals surface area (Å²) in [6.07, 6.45) is 2.64. The van der Waals surface area contributed by atoms with Gasteiger partial charge in [-0.25, -0.2) is 4.79 Å². The molecule has 8 atom stereocenters. The Morgan fingerprint density at radius 3 is 2.36 bits per heavy atom. The van der Waals surface area contributed by atoms with Crippen LogP contribution in [-0.4, -0.2) is 41.5 Å². The topological polar surface area (TPSA) is 96.0 Å². The third-order valence-electron chi connectivity index (χ3n) is 9.28. The normalized spacial score (nSPS) is 46.2. The average Bonchev–Trinajstić information content (AvgIpc) is 2.76. The van der Waals surface area contributed by atoms with E-state index in [1.54, 1.807) is 13.8 Å². The fourth-order valence-corrected chi connectivity index (χ4v) is 7.75. The zero-order valence-corrected chi connectivity index (χ0v) is 20.5. The SMILES string of the molecule is C=C1C[C@H]2[C@@]3(C)C=CC(=O)OC(C)(C)[C@H]3C[C@@H](OC(C)=O)[C@@]2(C)[C@@H]2C(=O)O[C@H](C)C(=O)[C@@]12C. The molecule has 180 valence electrons. The molecular formula is C26H34O7. The van der Waals surface area contributed by atoms with E-state index in [0.29, 0.717) is 18.4 Å². The summed E-state index contributed by atoms with van der Waals surface area (Å²) in [4.78, 5) is 51.6. The molecular weight excluding hydrogens is 424 g/mol. The van der Waals surface area contributed by atoms with Crippen molar-refractivity contribution in [2.24, 2.45) is 34.0 Å². The Kier molecular flexibility index (Phi) is 5.05. The zero-order valence-electron chi connectivity index (χ0n) is 20.5. The van der Waals surface area contributed by atoms with E-state index in [0.717, 1.165) is 0 Å². The monoisotopic (exact) mass is 458 g/mol. The molecule has 2 aliphatic carbocycles. The molecule has 4 rings (SSSR count). The highest BCUT2D eigenvalue weighted by Crippen LogP contribution is 2.70. The van der Waals surface area contributed by atoms with E-state index >= 15 is 0 Å². The number of carbonyl (C=O) groups is 4. The molecule has 4 aliphatic rings. The smallest absolute Gasteiger partial charge is 0.330 e. The van der Waals surface area contributed by atoms with Crippen molar-refractivity contribution in [2.45, 2.75) is 79.1 Å². The first-order chi connectivity index (χ1) is 15.1. The number of hydrogen-bond donors (Lipinski definition) is 0. The van der Waals surface area contributed by atoms with Gasteiger partial charge < -0.3 is 14.2 Å². The van der Waals surface area contributed by atoms with Crippen molar-refractivity contribution < 1.29 is 33.4 Å². The van der Waals surface area contributed by atoms with Crippen molar-refractivity contribution in [3.05, 3.63) is 24.3 Å². The van der Waals surface area contributed by atoms with Crippen molar-refractivity contribution in [3.8, 4) is 0 Å². The highest BCUT2D eigenvalue weighted by molar-refractivity contribution is 6.00. The minimum Gasteiger partial charge on any atom is -0.462 e. The van der Waals surface area contributed by atoms with E-state index in [1.807, 2.05) is 26.8 Å². The van der Waals surface area contributed by atoms with Crippen LogP contribution < -0.4 is 0 Å². The molecule has 0 unspecified atom stereocenters. The lowest BCUT2D eigenvalue weighted by Crippen LogP contribution is -2.71. The Morgan fingerprint density at radius 2 is 1.76 bits per heavy atom. The van der Waals surface area contributed by atoms with Crippen molar-refractivity contribution in [2.75, 3.05) is 0 Å². The van der Waals surface area contributed by atoms with Crippen LogP contribution in [-0.2, 0) is 33.4 Å². The van der Waals surface area contributed by atoms with Crippen LogP contribution in [0.2, 0.25) is 0 Å². The molecule has 0 aromatic heterocycles. The molecule has 0 radical (unpaired) electrons. The van der Waals surface area contributed by atoms with Crippen LogP contribution in [0.4, 0.5) is 0 Å². The van der Waals surface area contributed by atoms with Gasteiger partial charge in [-0.2, -0.15) is 0 Å². The minimum atomic E-state index is -1.13. The van der Waals surface area contributed by atoms with Crippen molar-refractivity contribution in [1.82, 2.24) is 0 Å². The summed E-state index contributed by atoms with van der Waals surface area (Å²) in [6.45, 7) is 16.7. The summed E-state index contributed by atoms with van der Waals surface area (Å²) in [5.74, 6) is -2.85. The first-order valence-electron chi connectivity index (χ1n) is 11.6. The van der Waals surface area contributed by atoms with Crippen LogP contribution in [0.25, 0.3) is 0 Å². The summed E-state index contributed by atoms with van der Waals surface area (Å²) in [5, 5.41) is 0. The number of cyclic esters (lactones) is 2. The molecule has 2 heterocycles. The predicted octanol–water partition coefficient (Wildman–Crippen LogP) is 3.56. The molecule has 0 amide bonds. The second kappa shape index (κ2) is 7.03. The summed E-state index contributed by atoms with van der Waals surface area (Å²) in [5.41, 5.74) is -2.80. The standard InChI is InChI=1S/C26H34O7/c1-13-11-17-24(6)10-9-19(28)33-23(4,5)16(24)12-18(32-15(3)27)26(17,8)20-22(30)31-14(2)21(29)25(13,20)7/h9-10,14,16-18,20H,1,11-12H2,2-8H3/t14-,16-,17+,18-,20-,24+,25+,26+/m1/s1. The van der Waals surface area contributed by atoms with Crippen LogP contribution in [0.5, 0.6) is 0 Å². The van der Waals surface area contributed by atoms with Gasteiger partial charge in [0.15, 0.2) is 11.9 Å². The largest absolute Gasteiger partial charge is 0.462 e. The highest BCUT2D eigenvalue weighted by Gasteiger charge is 2.73. The molecule has 0 aromatic carbocycles. The zero-order chi connectivity index (χ0) is 24.7. The molecule has 7 nitrogen and oxygen atoms in total. The van der Waals surface area contributed by atoms with Gasteiger partial charge in [0, 0.05) is 24.3 Å². The molecule has 0 N–H and O–H groups in total. The Morgan fingerprint density at radius 1 is 1.12 bits per heavy atom. The lowest BCUT2D eigenvalue weighted by Gasteiger charge is -2.67. The van der Waals surface area contributed by atoms with Crippen LogP contribution >= 0.6 is 0 Å². The summed E-state index contributed by atoms with van der Waals surface area (Å²) >= 11 is 0. The lowest BCUT2D eigenvalue weighted by atomic mass is 9.37. The van der Waals surface area contributed by atoms with Crippen LogP contribution in [0.15, 0.2) is 24.3 Å². The van der Waals surface area contributed by atoms with E-state index in [1.165, 1.54) is 13.0 Å². The minimum absolute atomic E-state index is 0.180. The number of Topliss-reactive ketones (excluding diaryl/α,β-unsaturated/α-hetero) is 1. The van der Waals surface area contributed by atoms with Crippen molar-refractivity contribution >= 4 is 23.7 Å². The number of hydrogen-bond acceptors (Lipinski definition) is 7. The molecule has 1 saturated heterocycles. The molecule has 0 bridgehead atoms. The molecule has 2 aliphatic heterocycles. The van der Waals surface area contributed by atoms with Crippen molar-refractivity contribution in [1.29, 1.82) is 0 Å². The maximum atomic E-state index is 13.5. The maximum Gasteiger partial charge on any atom is 0.330 e. The quantitative estimate of drug-likeness (QED) is 0.337. The number of ether oxygens (including phenoxy) is 3. The Hall–Kier alpha value is -2.44. The van der Waals surface area contributed by atoms with E-state index in [9.17, 15) is 19.2 Å². The lowest BCUT2D eigenvalue weighted by molar-refractivity contribution is -0.237. The number of carbonyl (C=O) groups excluding carboxylic acids is 4. The fraction of sp³-hybridized carbons (Fsp3) is 0.692. The third-order valence-corrected chi connectivity index (χ3v) is 9.28. The molecule has 3 fully saturated rings. The number of fused-ring (bicyclic) bond motifs is 5. The van der Waals surface area contributed by atoms with E-state index in [4.69, 9.17) is 14.2 Å². The molecule has 7 heteroatoms. The second-order valence-corrected chi connectivity index (χ2v) is 11.4. The number of rotatable bonds is 1. The van der Waals surface area contributed by atoms with Gasteiger partial charge in [-0.15, -0.1) is 0 Å². The average molecular weight is 459 g/mol. The van der Waals surface area contributed by atoms with E-state index in [-0.39, 0.29) is 17.6 Å². The van der Waals surface area contributed by atoms with Gasteiger partial charge in [0.05, 0.1) is 11.3 Å². The first kappa shape index (κ1) is 23.7. The van der Waals surface area contributed by atoms with Gasteiger partial charge in [-0.05, 0) is 51.9 Å². The van der Waals surface area contributed by atoms with Gasteiger partial charge >= 0.3 is 17.9 Å². The van der Waals surface area contributed by atoms with Gasteiger partial charge in [-0.1, -0.05) is 32.1 Å². The Balaban J connectivity index is 1.98. The van der Waals surface area contributed by atoms with E-state index in [2.05, 4.69) is 13.5 Å². The van der Waals surface area contributed by atoms with Crippen LogP contribution in [0, 0.1) is 34.0 Å². The number of ketones is 1. The number of allylic oxidation sites excluding steroid dienone is 2. The van der Waals surface area contributed by atoms with Gasteiger partial charge in [-0.3, -0.25) is 14.4 Å². The highest BCUT2D eigenvalue weighted by atomic mass is 16.6. The summed E-state index contributed by atoms with van der Waals surface area (Å²) in [6, 6.07) is 0. The van der Waals surface area contributed by atoms with Crippen molar-refractivity contribution in [3.63, 3.8) is 0 Å².